The fourth-order valence-corrected chi connectivity index (χ4v) is 1.34. The van der Waals surface area contributed by atoms with Crippen LogP contribution in [0.15, 0.2) is 0 Å². The monoisotopic (exact) mass is 172 g/mol. The molecule has 0 saturated carbocycles. The minimum absolute atomic E-state index is 0.328. The summed E-state index contributed by atoms with van der Waals surface area (Å²) in [6, 6.07) is -0.565. The van der Waals surface area contributed by atoms with Gasteiger partial charge in [-0.05, 0) is 0 Å². The first-order chi connectivity index (χ1) is 5.70. The third-order valence-electron chi connectivity index (χ3n) is 1.98. The number of aliphatic hydroxyl groups excluding tert-OH is 1. The van der Waals surface area contributed by atoms with Crippen LogP contribution in [-0.4, -0.2) is 58.1 Å². The molecule has 1 unspecified atom stereocenters. The molecule has 2 radical (unpaired) electrons. The van der Waals surface area contributed by atoms with E-state index < -0.39 is 18.2 Å². The molecule has 1 saturated heterocycles. The topological polar surface area (TPSA) is 47.9 Å². The number of hydrogen-bond acceptors (Lipinski definition) is 4. The molecule has 0 bridgehead atoms. The summed E-state index contributed by atoms with van der Waals surface area (Å²) in [4.78, 5) is 0. The molecule has 1 aliphatic heterocycles. The summed E-state index contributed by atoms with van der Waals surface area (Å²) in [6.07, 6.45) is -1.54. The second kappa shape index (κ2) is 4.23. The number of rotatable bonds is 3. The molecule has 1 rings (SSSR count). The predicted octanol–water partition coefficient (Wildman–Crippen LogP) is -1.10. The van der Waals surface area contributed by atoms with E-state index in [0.717, 1.165) is 0 Å². The van der Waals surface area contributed by atoms with Gasteiger partial charge in [-0.1, -0.05) is 0 Å². The molecule has 4 nitrogen and oxygen atoms in total. The lowest BCUT2D eigenvalue weighted by Gasteiger charge is -2.16. The van der Waals surface area contributed by atoms with Crippen LogP contribution < -0.4 is 0 Å². The molecule has 1 aliphatic rings. The molecule has 0 aromatic heterocycles. The summed E-state index contributed by atoms with van der Waals surface area (Å²) in [7, 11) is 8.57. The Morgan fingerprint density at radius 2 is 2.17 bits per heavy atom. The molecule has 0 aliphatic carbocycles. The zero-order valence-corrected chi connectivity index (χ0v) is 7.27. The summed E-state index contributed by atoms with van der Waals surface area (Å²) in [5.74, 6) is 0. The second-order valence-electron chi connectivity index (χ2n) is 2.79. The van der Waals surface area contributed by atoms with Crippen LogP contribution in [0.4, 0.5) is 0 Å². The van der Waals surface area contributed by atoms with Gasteiger partial charge in [0.2, 0.25) is 0 Å². The highest BCUT2D eigenvalue weighted by Crippen LogP contribution is 2.21. The Hall–Kier alpha value is -0.0951. The van der Waals surface area contributed by atoms with E-state index in [1.807, 2.05) is 0 Å². The Bertz CT molecular complexity index is 143. The van der Waals surface area contributed by atoms with Crippen molar-refractivity contribution < 1.29 is 19.3 Å². The lowest BCUT2D eigenvalue weighted by molar-refractivity contribution is -0.0247. The van der Waals surface area contributed by atoms with Gasteiger partial charge in [-0.15, -0.1) is 0 Å². The summed E-state index contributed by atoms with van der Waals surface area (Å²) < 4.78 is 15.0. The Balaban J connectivity index is 2.49. The molecule has 4 atom stereocenters. The number of aliphatic hydroxyl groups is 1. The van der Waals surface area contributed by atoms with Gasteiger partial charge in [0.25, 0.3) is 0 Å². The fourth-order valence-electron chi connectivity index (χ4n) is 1.34. The quantitative estimate of drug-likeness (QED) is 0.549. The Labute approximate surface area is 73.2 Å². The van der Waals surface area contributed by atoms with Crippen molar-refractivity contribution in [3.8, 4) is 0 Å². The van der Waals surface area contributed by atoms with Gasteiger partial charge in [-0.2, -0.15) is 0 Å². The van der Waals surface area contributed by atoms with Crippen molar-refractivity contribution in [1.29, 1.82) is 0 Å². The standard InChI is InChI=1S/C7H13BO4/c1-10-3-4-5(9)6(11-2)7(8)12-4/h4-7,9H,3H2,1-2H3/t4-,5-,6?,7-/m1/s1. The molecule has 0 amide bonds. The maximum absolute atomic E-state index is 9.54. The average molecular weight is 172 g/mol. The maximum Gasteiger partial charge on any atom is 0.112 e. The van der Waals surface area contributed by atoms with Gasteiger partial charge in [0.15, 0.2) is 0 Å². The van der Waals surface area contributed by atoms with Crippen molar-refractivity contribution in [1.82, 2.24) is 0 Å². The molecule has 1 N–H and O–H groups in total. The lowest BCUT2D eigenvalue weighted by atomic mass is 9.93. The van der Waals surface area contributed by atoms with Gasteiger partial charge in [-0.3, -0.25) is 0 Å². The molecule has 68 valence electrons. The minimum atomic E-state index is -0.704. The molecule has 0 spiro atoms. The molecular weight excluding hydrogens is 159 g/mol. The molecule has 0 aromatic carbocycles. The number of methoxy groups -OCH3 is 2. The van der Waals surface area contributed by atoms with E-state index in [9.17, 15) is 5.11 Å². The van der Waals surface area contributed by atoms with Crippen LogP contribution in [0.3, 0.4) is 0 Å². The van der Waals surface area contributed by atoms with Crippen molar-refractivity contribution in [2.45, 2.75) is 24.3 Å². The zero-order valence-electron chi connectivity index (χ0n) is 7.27. The fraction of sp³-hybridized carbons (Fsp3) is 1.00. The third-order valence-corrected chi connectivity index (χ3v) is 1.98. The van der Waals surface area contributed by atoms with Gasteiger partial charge in [0.1, 0.15) is 26.2 Å². The summed E-state index contributed by atoms with van der Waals surface area (Å²) in [5, 5.41) is 9.54. The van der Waals surface area contributed by atoms with Crippen LogP contribution in [0.25, 0.3) is 0 Å². The van der Waals surface area contributed by atoms with E-state index in [1.165, 1.54) is 7.11 Å². The third kappa shape index (κ3) is 1.80. The number of hydrogen-bond donors (Lipinski definition) is 1. The average Bonchev–Trinajstić information content (AvgIpc) is 2.29. The largest absolute Gasteiger partial charge is 0.388 e. The van der Waals surface area contributed by atoms with Gasteiger partial charge >= 0.3 is 0 Å². The van der Waals surface area contributed by atoms with Crippen molar-refractivity contribution in [3.63, 3.8) is 0 Å². The van der Waals surface area contributed by atoms with E-state index in [0.29, 0.717) is 6.61 Å². The normalized spacial score (nSPS) is 41.9. The van der Waals surface area contributed by atoms with E-state index in [4.69, 9.17) is 22.1 Å². The van der Waals surface area contributed by atoms with E-state index in [1.54, 1.807) is 7.11 Å². The minimum Gasteiger partial charge on any atom is -0.388 e. The Morgan fingerprint density at radius 3 is 2.58 bits per heavy atom. The molecular formula is C7H13BO4. The highest BCUT2D eigenvalue weighted by Gasteiger charge is 2.40. The molecule has 5 heteroatoms. The highest BCUT2D eigenvalue weighted by molar-refractivity contribution is 6.11. The van der Waals surface area contributed by atoms with Crippen LogP contribution in [-0.2, 0) is 14.2 Å². The van der Waals surface area contributed by atoms with Gasteiger partial charge in [-0.25, -0.2) is 0 Å². The SMILES string of the molecule is [B][C@@H]1O[C@H](COC)[C@@H](O)C1OC. The van der Waals surface area contributed by atoms with Gasteiger partial charge < -0.3 is 19.3 Å². The molecule has 1 heterocycles. The summed E-state index contributed by atoms with van der Waals surface area (Å²) >= 11 is 0. The van der Waals surface area contributed by atoms with Crippen molar-refractivity contribution in [2.75, 3.05) is 20.8 Å². The highest BCUT2D eigenvalue weighted by atomic mass is 16.6. The lowest BCUT2D eigenvalue weighted by Crippen LogP contribution is -2.35. The molecule has 0 aromatic rings. The smallest absolute Gasteiger partial charge is 0.112 e. The van der Waals surface area contributed by atoms with E-state index in [2.05, 4.69) is 0 Å². The first-order valence-electron chi connectivity index (χ1n) is 3.81. The Morgan fingerprint density at radius 1 is 1.50 bits per heavy atom. The van der Waals surface area contributed by atoms with Crippen molar-refractivity contribution in [3.05, 3.63) is 0 Å². The first kappa shape index (κ1) is 9.99. The Kier molecular flexibility index (Phi) is 3.52. The van der Waals surface area contributed by atoms with E-state index in [-0.39, 0.29) is 6.10 Å². The second-order valence-corrected chi connectivity index (χ2v) is 2.79. The zero-order chi connectivity index (χ0) is 9.14. The number of ether oxygens (including phenoxy) is 3. The van der Waals surface area contributed by atoms with Crippen LogP contribution in [0.1, 0.15) is 0 Å². The van der Waals surface area contributed by atoms with Crippen molar-refractivity contribution in [2.24, 2.45) is 0 Å². The predicted molar refractivity (Wildman–Crippen MR) is 43.1 cm³/mol. The van der Waals surface area contributed by atoms with Crippen LogP contribution >= 0.6 is 0 Å². The van der Waals surface area contributed by atoms with E-state index >= 15 is 0 Å². The van der Waals surface area contributed by atoms with Crippen LogP contribution in [0.2, 0.25) is 0 Å². The van der Waals surface area contributed by atoms with Crippen LogP contribution in [0, 0.1) is 0 Å². The van der Waals surface area contributed by atoms with Gasteiger partial charge in [0, 0.05) is 20.2 Å². The molecule has 1 fully saturated rings. The summed E-state index contributed by atoms with van der Waals surface area (Å²) in [6.45, 7) is 0.328. The first-order valence-corrected chi connectivity index (χ1v) is 3.81. The van der Waals surface area contributed by atoms with Crippen LogP contribution in [0.5, 0.6) is 0 Å². The maximum atomic E-state index is 9.54. The van der Waals surface area contributed by atoms with Crippen molar-refractivity contribution >= 4 is 7.85 Å². The molecule has 12 heavy (non-hydrogen) atoms. The summed E-state index contributed by atoms with van der Waals surface area (Å²) in [5.41, 5.74) is 0. The van der Waals surface area contributed by atoms with Gasteiger partial charge in [0.05, 0.1) is 6.61 Å².